The Morgan fingerprint density at radius 3 is 3.17 bits per heavy atom. The predicted octanol–water partition coefficient (Wildman–Crippen LogP) is 1.02. The van der Waals surface area contributed by atoms with Gasteiger partial charge in [-0.25, -0.2) is 9.97 Å². The maximum absolute atomic E-state index is 6.03. The van der Waals surface area contributed by atoms with Crippen molar-refractivity contribution in [3.63, 3.8) is 0 Å². The highest BCUT2D eigenvalue weighted by atomic mass is 16.5. The Bertz CT molecular complexity index is 567. The molecule has 2 N–H and O–H groups in total. The lowest BCUT2D eigenvalue weighted by molar-refractivity contribution is 0.164. The van der Waals surface area contributed by atoms with Crippen molar-refractivity contribution in [3.8, 4) is 0 Å². The topological polar surface area (TPSA) is 81.1 Å². The van der Waals surface area contributed by atoms with E-state index in [4.69, 9.17) is 10.3 Å². The minimum atomic E-state index is 0.187. The van der Waals surface area contributed by atoms with E-state index in [1.165, 1.54) is 0 Å². The molecule has 96 valence electrons. The van der Waals surface area contributed by atoms with Gasteiger partial charge in [0.1, 0.15) is 17.0 Å². The molecule has 0 amide bonds. The number of nitrogens with zero attached hydrogens (tertiary/aromatic N) is 4. The van der Waals surface area contributed by atoms with Crippen molar-refractivity contribution in [2.75, 3.05) is 13.6 Å². The molecule has 1 fully saturated rings. The first-order chi connectivity index (χ1) is 8.65. The van der Waals surface area contributed by atoms with E-state index in [2.05, 4.69) is 27.1 Å². The maximum atomic E-state index is 6.03. The number of hydrogen-bond acceptors (Lipinski definition) is 6. The van der Waals surface area contributed by atoms with Gasteiger partial charge in [0, 0.05) is 12.6 Å². The summed E-state index contributed by atoms with van der Waals surface area (Å²) < 4.78 is 5.13. The highest BCUT2D eigenvalue weighted by molar-refractivity contribution is 5.73. The van der Waals surface area contributed by atoms with Crippen LogP contribution in [0.1, 0.15) is 30.4 Å². The lowest BCUT2D eigenvalue weighted by atomic mass is 9.98. The van der Waals surface area contributed by atoms with E-state index < -0.39 is 0 Å². The minimum absolute atomic E-state index is 0.187. The number of aryl methyl sites for hydroxylation is 1. The molecule has 2 aromatic heterocycles. The molecule has 2 unspecified atom stereocenters. The van der Waals surface area contributed by atoms with Crippen LogP contribution in [0.3, 0.4) is 0 Å². The molecule has 6 heteroatoms. The van der Waals surface area contributed by atoms with Gasteiger partial charge in [-0.05, 0) is 26.8 Å². The second-order valence-electron chi connectivity index (χ2n) is 4.99. The molecule has 1 aliphatic heterocycles. The van der Waals surface area contributed by atoms with Crippen molar-refractivity contribution in [1.29, 1.82) is 0 Å². The largest absolute Gasteiger partial charge is 0.353 e. The molecule has 0 radical (unpaired) electrons. The van der Waals surface area contributed by atoms with Crippen molar-refractivity contribution in [3.05, 3.63) is 17.7 Å². The van der Waals surface area contributed by atoms with Crippen molar-refractivity contribution in [2.24, 2.45) is 5.73 Å². The van der Waals surface area contributed by atoms with Gasteiger partial charge in [-0.15, -0.1) is 0 Å². The first-order valence-electron chi connectivity index (χ1n) is 6.20. The SMILES string of the molecule is Cc1noc2cnc(C3CC(N)CCN3C)nc12. The minimum Gasteiger partial charge on any atom is -0.353 e. The summed E-state index contributed by atoms with van der Waals surface area (Å²) >= 11 is 0. The lowest BCUT2D eigenvalue weighted by Crippen LogP contribution is -2.40. The van der Waals surface area contributed by atoms with Crippen molar-refractivity contribution >= 4 is 11.1 Å². The van der Waals surface area contributed by atoms with Gasteiger partial charge in [-0.1, -0.05) is 5.16 Å². The van der Waals surface area contributed by atoms with Crippen LogP contribution in [0.2, 0.25) is 0 Å². The van der Waals surface area contributed by atoms with Gasteiger partial charge in [0.2, 0.25) is 5.58 Å². The number of rotatable bonds is 1. The van der Waals surface area contributed by atoms with E-state index in [9.17, 15) is 0 Å². The highest BCUT2D eigenvalue weighted by Gasteiger charge is 2.27. The van der Waals surface area contributed by atoms with Crippen LogP contribution >= 0.6 is 0 Å². The molecule has 2 atom stereocenters. The zero-order valence-electron chi connectivity index (χ0n) is 10.6. The molecule has 0 spiro atoms. The van der Waals surface area contributed by atoms with E-state index in [1.54, 1.807) is 6.20 Å². The monoisotopic (exact) mass is 247 g/mol. The fourth-order valence-corrected chi connectivity index (χ4v) is 2.44. The van der Waals surface area contributed by atoms with Gasteiger partial charge in [-0.2, -0.15) is 0 Å². The van der Waals surface area contributed by atoms with Crippen LogP contribution < -0.4 is 5.73 Å². The molecular weight excluding hydrogens is 230 g/mol. The number of hydrogen-bond donors (Lipinski definition) is 1. The molecule has 18 heavy (non-hydrogen) atoms. The standard InChI is InChI=1S/C12H17N5O/c1-7-11-10(18-16-7)6-14-12(15-11)9-5-8(13)3-4-17(9)2/h6,8-9H,3-5,13H2,1-2H3. The van der Waals surface area contributed by atoms with E-state index >= 15 is 0 Å². The number of likely N-dealkylation sites (tertiary alicyclic amines) is 1. The lowest BCUT2D eigenvalue weighted by Gasteiger charge is -2.34. The smallest absolute Gasteiger partial charge is 0.203 e. The average Bonchev–Trinajstić information content (AvgIpc) is 2.74. The highest BCUT2D eigenvalue weighted by Crippen LogP contribution is 2.27. The average molecular weight is 247 g/mol. The Labute approximate surface area is 105 Å². The van der Waals surface area contributed by atoms with Crippen LogP contribution in [0.25, 0.3) is 11.1 Å². The molecular formula is C12H17N5O. The summed E-state index contributed by atoms with van der Waals surface area (Å²) in [7, 11) is 2.09. The third kappa shape index (κ3) is 1.87. The molecule has 0 aliphatic carbocycles. The fourth-order valence-electron chi connectivity index (χ4n) is 2.44. The second-order valence-corrected chi connectivity index (χ2v) is 4.99. The molecule has 1 saturated heterocycles. The molecule has 2 aromatic rings. The summed E-state index contributed by atoms with van der Waals surface area (Å²) in [5.74, 6) is 0.812. The van der Waals surface area contributed by atoms with Crippen LogP contribution in [0, 0.1) is 6.92 Å². The summed E-state index contributed by atoms with van der Waals surface area (Å²) in [6.45, 7) is 2.87. The van der Waals surface area contributed by atoms with Crippen LogP contribution in [0.4, 0.5) is 0 Å². The van der Waals surface area contributed by atoms with Crippen LogP contribution in [0.15, 0.2) is 10.7 Å². The normalized spacial score (nSPS) is 25.7. The Balaban J connectivity index is 1.99. The fraction of sp³-hybridized carbons (Fsp3) is 0.583. The van der Waals surface area contributed by atoms with E-state index in [-0.39, 0.29) is 12.1 Å². The molecule has 0 bridgehead atoms. The Hall–Kier alpha value is -1.53. The van der Waals surface area contributed by atoms with Crippen molar-refractivity contribution < 1.29 is 4.52 Å². The summed E-state index contributed by atoms with van der Waals surface area (Å²) in [5.41, 5.74) is 8.27. The quantitative estimate of drug-likeness (QED) is 0.810. The zero-order chi connectivity index (χ0) is 12.7. The van der Waals surface area contributed by atoms with Gasteiger partial charge in [0.15, 0.2) is 0 Å². The van der Waals surface area contributed by atoms with Crippen LogP contribution in [-0.4, -0.2) is 39.7 Å². The summed E-state index contributed by atoms with van der Waals surface area (Å²) in [5, 5.41) is 3.90. The molecule has 0 aromatic carbocycles. The Morgan fingerprint density at radius 1 is 1.50 bits per heavy atom. The number of fused-ring (bicyclic) bond motifs is 1. The molecule has 6 nitrogen and oxygen atoms in total. The van der Waals surface area contributed by atoms with E-state index in [0.29, 0.717) is 5.58 Å². The molecule has 0 saturated carbocycles. The third-order valence-corrected chi connectivity index (χ3v) is 3.61. The summed E-state index contributed by atoms with van der Waals surface area (Å²) in [6.07, 6.45) is 3.62. The van der Waals surface area contributed by atoms with Gasteiger partial charge < -0.3 is 10.3 Å². The van der Waals surface area contributed by atoms with Crippen molar-refractivity contribution in [2.45, 2.75) is 31.8 Å². The predicted molar refractivity (Wildman–Crippen MR) is 66.9 cm³/mol. The molecule has 3 rings (SSSR count). The van der Waals surface area contributed by atoms with Crippen LogP contribution in [-0.2, 0) is 0 Å². The third-order valence-electron chi connectivity index (χ3n) is 3.61. The summed E-state index contributed by atoms with van der Waals surface area (Å²) in [4.78, 5) is 11.2. The number of nitrogens with two attached hydrogens (primary N) is 1. The maximum Gasteiger partial charge on any atom is 0.203 e. The van der Waals surface area contributed by atoms with E-state index in [1.807, 2.05) is 6.92 Å². The van der Waals surface area contributed by atoms with Gasteiger partial charge in [0.25, 0.3) is 0 Å². The van der Waals surface area contributed by atoms with Crippen LogP contribution in [0.5, 0.6) is 0 Å². The second kappa shape index (κ2) is 4.29. The number of aromatic nitrogens is 3. The number of piperidine rings is 1. The zero-order valence-corrected chi connectivity index (χ0v) is 10.6. The molecule has 1 aliphatic rings. The van der Waals surface area contributed by atoms with Crippen molar-refractivity contribution in [1.82, 2.24) is 20.0 Å². The Morgan fingerprint density at radius 2 is 2.33 bits per heavy atom. The summed E-state index contributed by atoms with van der Waals surface area (Å²) in [6, 6.07) is 0.418. The van der Waals surface area contributed by atoms with Gasteiger partial charge in [0.05, 0.1) is 12.2 Å². The van der Waals surface area contributed by atoms with Gasteiger partial charge in [-0.3, -0.25) is 4.90 Å². The molecule has 3 heterocycles. The van der Waals surface area contributed by atoms with Gasteiger partial charge >= 0.3 is 0 Å². The van der Waals surface area contributed by atoms with E-state index in [0.717, 1.165) is 36.4 Å². The first-order valence-corrected chi connectivity index (χ1v) is 6.20. The first kappa shape index (κ1) is 11.6. The Kier molecular flexibility index (Phi) is 2.76.